The van der Waals surface area contributed by atoms with Gasteiger partial charge in [0.05, 0.1) is 29.9 Å². The fourth-order valence-electron chi connectivity index (χ4n) is 2.22. The lowest BCUT2D eigenvalue weighted by Gasteiger charge is -2.18. The van der Waals surface area contributed by atoms with Crippen LogP contribution < -0.4 is 20.1 Å². The first kappa shape index (κ1) is 19.3. The Morgan fingerprint density at radius 3 is 2.50 bits per heavy atom. The number of nitrogens with zero attached hydrogens (tertiary/aromatic N) is 1. The number of amides is 1. The fourth-order valence-corrected chi connectivity index (χ4v) is 2.46. The standard InChI is InChI=1S/C17H18ClN3O5/c1-10(17(22)20-11-5-4-6-12(7-11)21(23)24)19-14-8-13(18)15(25-2)9-16(14)26-3/h4-10,19H,1-3H3,(H,20,22). The van der Waals surface area contributed by atoms with E-state index in [1.165, 1.54) is 32.4 Å². The Bertz CT molecular complexity index is 828. The summed E-state index contributed by atoms with van der Waals surface area (Å²) in [7, 11) is 2.98. The van der Waals surface area contributed by atoms with Gasteiger partial charge in [0, 0.05) is 23.9 Å². The van der Waals surface area contributed by atoms with Gasteiger partial charge in [-0.25, -0.2) is 0 Å². The van der Waals surface area contributed by atoms with Crippen molar-refractivity contribution in [1.29, 1.82) is 0 Å². The molecule has 0 heterocycles. The molecule has 0 saturated carbocycles. The average Bonchev–Trinajstić information content (AvgIpc) is 2.62. The van der Waals surface area contributed by atoms with Crippen LogP contribution in [0.5, 0.6) is 11.5 Å². The van der Waals surface area contributed by atoms with E-state index >= 15 is 0 Å². The second-order valence-corrected chi connectivity index (χ2v) is 5.76. The highest BCUT2D eigenvalue weighted by Gasteiger charge is 2.18. The van der Waals surface area contributed by atoms with Crippen LogP contribution in [-0.4, -0.2) is 31.1 Å². The predicted molar refractivity (Wildman–Crippen MR) is 99.4 cm³/mol. The largest absolute Gasteiger partial charge is 0.495 e. The summed E-state index contributed by atoms with van der Waals surface area (Å²) in [6.45, 7) is 1.64. The maximum atomic E-state index is 12.4. The van der Waals surface area contributed by atoms with Crippen molar-refractivity contribution in [3.8, 4) is 11.5 Å². The van der Waals surface area contributed by atoms with Crippen molar-refractivity contribution in [3.05, 3.63) is 51.5 Å². The lowest BCUT2D eigenvalue weighted by Crippen LogP contribution is -2.32. The summed E-state index contributed by atoms with van der Waals surface area (Å²) in [6, 6.07) is 8.25. The third kappa shape index (κ3) is 4.54. The van der Waals surface area contributed by atoms with Crippen molar-refractivity contribution < 1.29 is 19.2 Å². The molecule has 0 aromatic heterocycles. The van der Waals surface area contributed by atoms with Crippen molar-refractivity contribution in [2.75, 3.05) is 24.9 Å². The molecule has 1 atom stereocenters. The molecule has 0 aliphatic carbocycles. The van der Waals surface area contributed by atoms with E-state index in [0.29, 0.717) is 27.9 Å². The maximum absolute atomic E-state index is 12.4. The number of carbonyl (C=O) groups is 1. The number of rotatable bonds is 7. The van der Waals surface area contributed by atoms with Crippen molar-refractivity contribution in [1.82, 2.24) is 0 Å². The first-order valence-electron chi connectivity index (χ1n) is 7.59. The number of nitro groups is 1. The molecule has 1 unspecified atom stereocenters. The van der Waals surface area contributed by atoms with E-state index in [1.54, 1.807) is 25.1 Å². The number of ether oxygens (including phenoxy) is 2. The Morgan fingerprint density at radius 2 is 1.88 bits per heavy atom. The second-order valence-electron chi connectivity index (χ2n) is 5.35. The maximum Gasteiger partial charge on any atom is 0.271 e. The van der Waals surface area contributed by atoms with Gasteiger partial charge in [-0.1, -0.05) is 17.7 Å². The van der Waals surface area contributed by atoms with Gasteiger partial charge >= 0.3 is 0 Å². The number of hydrogen-bond acceptors (Lipinski definition) is 6. The zero-order chi connectivity index (χ0) is 19.3. The molecular formula is C17H18ClN3O5. The zero-order valence-corrected chi connectivity index (χ0v) is 15.2. The number of benzene rings is 2. The second kappa shape index (κ2) is 8.39. The van der Waals surface area contributed by atoms with E-state index in [9.17, 15) is 14.9 Å². The first-order valence-corrected chi connectivity index (χ1v) is 7.97. The number of halogens is 1. The van der Waals surface area contributed by atoms with E-state index < -0.39 is 11.0 Å². The van der Waals surface area contributed by atoms with Gasteiger partial charge < -0.3 is 20.1 Å². The van der Waals surface area contributed by atoms with Gasteiger partial charge in [-0.05, 0) is 19.1 Å². The molecule has 138 valence electrons. The van der Waals surface area contributed by atoms with E-state index in [4.69, 9.17) is 21.1 Å². The van der Waals surface area contributed by atoms with E-state index in [0.717, 1.165) is 0 Å². The molecular weight excluding hydrogens is 362 g/mol. The molecule has 0 saturated heterocycles. The Kier molecular flexibility index (Phi) is 6.24. The summed E-state index contributed by atoms with van der Waals surface area (Å²) in [5.41, 5.74) is 0.740. The van der Waals surface area contributed by atoms with Crippen LogP contribution in [0.2, 0.25) is 5.02 Å². The molecule has 26 heavy (non-hydrogen) atoms. The molecule has 0 aliphatic rings. The monoisotopic (exact) mass is 379 g/mol. The Labute approximate surface area is 155 Å². The molecule has 0 radical (unpaired) electrons. The van der Waals surface area contributed by atoms with E-state index in [-0.39, 0.29) is 11.6 Å². The number of nitro benzene ring substituents is 1. The minimum absolute atomic E-state index is 0.105. The number of carbonyl (C=O) groups excluding carboxylic acids is 1. The molecule has 0 bridgehead atoms. The molecule has 0 fully saturated rings. The van der Waals surface area contributed by atoms with Gasteiger partial charge in [0.15, 0.2) is 0 Å². The van der Waals surface area contributed by atoms with Crippen LogP contribution in [0.15, 0.2) is 36.4 Å². The van der Waals surface area contributed by atoms with E-state index in [2.05, 4.69) is 10.6 Å². The van der Waals surface area contributed by atoms with Crippen molar-refractivity contribution in [3.63, 3.8) is 0 Å². The number of methoxy groups -OCH3 is 2. The highest BCUT2D eigenvalue weighted by Crippen LogP contribution is 2.36. The summed E-state index contributed by atoms with van der Waals surface area (Å²) < 4.78 is 10.4. The number of hydrogen-bond donors (Lipinski definition) is 2. The Morgan fingerprint density at radius 1 is 1.19 bits per heavy atom. The van der Waals surface area contributed by atoms with Crippen molar-refractivity contribution in [2.45, 2.75) is 13.0 Å². The summed E-state index contributed by atoms with van der Waals surface area (Å²) in [6.07, 6.45) is 0. The minimum Gasteiger partial charge on any atom is -0.495 e. The fraction of sp³-hybridized carbons (Fsp3) is 0.235. The summed E-state index contributed by atoms with van der Waals surface area (Å²) >= 11 is 6.11. The van der Waals surface area contributed by atoms with Crippen LogP contribution in [-0.2, 0) is 4.79 Å². The molecule has 2 N–H and O–H groups in total. The Balaban J connectivity index is 2.13. The van der Waals surface area contributed by atoms with Crippen LogP contribution >= 0.6 is 11.6 Å². The van der Waals surface area contributed by atoms with Crippen LogP contribution in [0.1, 0.15) is 6.92 Å². The zero-order valence-electron chi connectivity index (χ0n) is 14.4. The molecule has 0 spiro atoms. The van der Waals surface area contributed by atoms with Gasteiger partial charge in [-0.3, -0.25) is 14.9 Å². The SMILES string of the molecule is COc1cc(OC)c(NC(C)C(=O)Nc2cccc([N+](=O)[O-])c2)cc1Cl. The van der Waals surface area contributed by atoms with E-state index in [1.807, 2.05) is 0 Å². The number of anilines is 2. The van der Waals surface area contributed by atoms with Gasteiger partial charge in [-0.15, -0.1) is 0 Å². The topological polar surface area (TPSA) is 103 Å². The summed E-state index contributed by atoms with van der Waals surface area (Å²) in [5, 5.41) is 16.8. The predicted octanol–water partition coefficient (Wildman–Crippen LogP) is 3.70. The van der Waals surface area contributed by atoms with Crippen molar-refractivity contribution >= 4 is 34.6 Å². The first-order chi connectivity index (χ1) is 12.3. The van der Waals surface area contributed by atoms with Gasteiger partial charge in [0.2, 0.25) is 5.91 Å². The number of non-ortho nitro benzene ring substituents is 1. The van der Waals surface area contributed by atoms with Crippen LogP contribution in [0.4, 0.5) is 17.1 Å². The summed E-state index contributed by atoms with van der Waals surface area (Å²) in [5.74, 6) is 0.531. The van der Waals surface area contributed by atoms with Gasteiger partial charge in [0.25, 0.3) is 5.69 Å². The Hall–Kier alpha value is -3.00. The molecule has 2 rings (SSSR count). The molecule has 1 amide bonds. The molecule has 2 aromatic rings. The molecule has 8 nitrogen and oxygen atoms in total. The van der Waals surface area contributed by atoms with Gasteiger partial charge in [-0.2, -0.15) is 0 Å². The molecule has 0 aliphatic heterocycles. The molecule has 2 aromatic carbocycles. The highest BCUT2D eigenvalue weighted by atomic mass is 35.5. The lowest BCUT2D eigenvalue weighted by molar-refractivity contribution is -0.384. The van der Waals surface area contributed by atoms with Crippen molar-refractivity contribution in [2.24, 2.45) is 0 Å². The highest BCUT2D eigenvalue weighted by molar-refractivity contribution is 6.32. The van der Waals surface area contributed by atoms with Crippen LogP contribution in [0.3, 0.4) is 0 Å². The number of nitrogens with one attached hydrogen (secondary N) is 2. The molecule has 9 heteroatoms. The van der Waals surface area contributed by atoms with Crippen LogP contribution in [0.25, 0.3) is 0 Å². The van der Waals surface area contributed by atoms with Gasteiger partial charge in [0.1, 0.15) is 17.5 Å². The average molecular weight is 380 g/mol. The smallest absolute Gasteiger partial charge is 0.271 e. The minimum atomic E-state index is -0.660. The normalized spacial score (nSPS) is 11.4. The third-order valence-corrected chi connectivity index (χ3v) is 3.86. The third-order valence-electron chi connectivity index (χ3n) is 3.56. The quantitative estimate of drug-likeness (QED) is 0.561. The summed E-state index contributed by atoms with van der Waals surface area (Å²) in [4.78, 5) is 22.7. The lowest BCUT2D eigenvalue weighted by atomic mass is 10.2. The van der Waals surface area contributed by atoms with Crippen LogP contribution in [0, 0.1) is 10.1 Å².